The van der Waals surface area contributed by atoms with Crippen molar-refractivity contribution in [3.63, 3.8) is 0 Å². The molecule has 1 aliphatic rings. The van der Waals surface area contributed by atoms with E-state index in [4.69, 9.17) is 4.74 Å². The van der Waals surface area contributed by atoms with Gasteiger partial charge in [0.1, 0.15) is 18.2 Å². The predicted octanol–water partition coefficient (Wildman–Crippen LogP) is 1.66. The number of carbonyl (C=O) groups is 1. The van der Waals surface area contributed by atoms with Crippen LogP contribution in [0.5, 0.6) is 0 Å². The first-order valence-electron chi connectivity index (χ1n) is 6.46. The molecule has 0 spiro atoms. The monoisotopic (exact) mass is 258 g/mol. The van der Waals surface area contributed by atoms with Crippen LogP contribution in [0.2, 0.25) is 0 Å². The fourth-order valence-corrected chi connectivity index (χ4v) is 2.27. The summed E-state index contributed by atoms with van der Waals surface area (Å²) >= 11 is 0. The molecule has 4 nitrogen and oxygen atoms in total. The number of cyclic esters (lactones) is 1. The number of nitrogens with zero attached hydrogens (tertiary/aromatic N) is 1. The van der Waals surface area contributed by atoms with E-state index in [-0.39, 0.29) is 18.5 Å². The third kappa shape index (κ3) is 2.94. The molecule has 4 heteroatoms. The van der Waals surface area contributed by atoms with Gasteiger partial charge in [0.05, 0.1) is 6.07 Å². The highest BCUT2D eigenvalue weighted by Crippen LogP contribution is 2.21. The first-order valence-corrected chi connectivity index (χ1v) is 6.46. The Kier molecular flexibility index (Phi) is 3.87. The molecular weight excluding hydrogens is 240 g/mol. The van der Waals surface area contributed by atoms with Crippen LogP contribution in [0.4, 0.5) is 0 Å². The number of nitriles is 1. The summed E-state index contributed by atoms with van der Waals surface area (Å²) in [7, 11) is 0. The van der Waals surface area contributed by atoms with Crippen LogP contribution in [0.25, 0.3) is 0 Å². The average molecular weight is 258 g/mol. The van der Waals surface area contributed by atoms with Gasteiger partial charge in [-0.15, -0.1) is 0 Å². The molecule has 2 rings (SSSR count). The van der Waals surface area contributed by atoms with E-state index in [9.17, 15) is 10.1 Å². The quantitative estimate of drug-likeness (QED) is 0.838. The molecule has 19 heavy (non-hydrogen) atoms. The van der Waals surface area contributed by atoms with E-state index in [0.29, 0.717) is 6.42 Å². The average Bonchev–Trinajstić information content (AvgIpc) is 2.42. The molecule has 0 unspecified atom stereocenters. The van der Waals surface area contributed by atoms with Gasteiger partial charge >= 0.3 is 5.97 Å². The van der Waals surface area contributed by atoms with E-state index in [0.717, 1.165) is 5.56 Å². The molecule has 0 bridgehead atoms. The third-order valence-electron chi connectivity index (χ3n) is 3.38. The topological polar surface area (TPSA) is 62.1 Å². The summed E-state index contributed by atoms with van der Waals surface area (Å²) in [6.07, 6.45) is 0.529. The Labute approximate surface area is 113 Å². The van der Waals surface area contributed by atoms with Crippen molar-refractivity contribution in [2.75, 3.05) is 6.61 Å². The maximum Gasteiger partial charge on any atom is 0.323 e. The lowest BCUT2D eigenvalue weighted by Gasteiger charge is -2.37. The molecule has 1 heterocycles. The zero-order valence-corrected chi connectivity index (χ0v) is 11.2. The first kappa shape index (κ1) is 13.6. The molecule has 1 saturated heterocycles. The van der Waals surface area contributed by atoms with Gasteiger partial charge in [-0.25, -0.2) is 0 Å². The summed E-state index contributed by atoms with van der Waals surface area (Å²) in [5.41, 5.74) is 0.224. The standard InChI is InChI=1S/C15H18N2O2/c1-11(2)13-14(18)19-10-15(9-16,17-13)8-12-6-4-3-5-7-12/h3-7,11,13,17H,8,10H2,1-2H3/t13-,15-/m0/s1. The predicted molar refractivity (Wildman–Crippen MR) is 71.2 cm³/mol. The molecule has 1 fully saturated rings. The van der Waals surface area contributed by atoms with E-state index < -0.39 is 11.6 Å². The van der Waals surface area contributed by atoms with Gasteiger partial charge in [-0.1, -0.05) is 44.2 Å². The van der Waals surface area contributed by atoms with E-state index in [1.54, 1.807) is 0 Å². The second-order valence-electron chi connectivity index (χ2n) is 5.33. The lowest BCUT2D eigenvalue weighted by molar-refractivity contribution is -0.155. The number of carbonyl (C=O) groups excluding carboxylic acids is 1. The second-order valence-corrected chi connectivity index (χ2v) is 5.33. The van der Waals surface area contributed by atoms with Crippen molar-refractivity contribution < 1.29 is 9.53 Å². The van der Waals surface area contributed by atoms with Crippen molar-refractivity contribution in [3.8, 4) is 6.07 Å². The van der Waals surface area contributed by atoms with Crippen molar-refractivity contribution in [2.45, 2.75) is 31.8 Å². The van der Waals surface area contributed by atoms with Crippen molar-refractivity contribution >= 4 is 5.97 Å². The van der Waals surface area contributed by atoms with E-state index in [2.05, 4.69) is 11.4 Å². The zero-order valence-electron chi connectivity index (χ0n) is 11.2. The highest BCUT2D eigenvalue weighted by Gasteiger charge is 2.42. The van der Waals surface area contributed by atoms with E-state index in [1.165, 1.54) is 0 Å². The van der Waals surface area contributed by atoms with Gasteiger partial charge in [0.15, 0.2) is 0 Å². The van der Waals surface area contributed by atoms with Crippen LogP contribution in [-0.2, 0) is 16.0 Å². The Hall–Kier alpha value is -1.86. The summed E-state index contributed by atoms with van der Waals surface area (Å²) in [5, 5.41) is 12.7. The Morgan fingerprint density at radius 2 is 2.16 bits per heavy atom. The van der Waals surface area contributed by atoms with Gasteiger partial charge < -0.3 is 4.74 Å². The lowest BCUT2D eigenvalue weighted by Crippen LogP contribution is -2.63. The molecule has 0 radical (unpaired) electrons. The minimum absolute atomic E-state index is 0.0938. The van der Waals surface area contributed by atoms with Crippen LogP contribution in [0.15, 0.2) is 30.3 Å². The molecule has 0 saturated carbocycles. The first-order chi connectivity index (χ1) is 9.06. The van der Waals surface area contributed by atoms with Gasteiger partial charge in [-0.3, -0.25) is 10.1 Å². The highest BCUT2D eigenvalue weighted by atomic mass is 16.5. The summed E-state index contributed by atoms with van der Waals surface area (Å²) < 4.78 is 5.21. The van der Waals surface area contributed by atoms with Crippen molar-refractivity contribution in [2.24, 2.45) is 5.92 Å². The largest absolute Gasteiger partial charge is 0.461 e. The Morgan fingerprint density at radius 3 is 2.74 bits per heavy atom. The van der Waals surface area contributed by atoms with Crippen LogP contribution in [0.1, 0.15) is 19.4 Å². The number of hydrogen-bond acceptors (Lipinski definition) is 4. The molecule has 1 aromatic rings. The Bertz CT molecular complexity index is 493. The van der Waals surface area contributed by atoms with Crippen LogP contribution in [0.3, 0.4) is 0 Å². The van der Waals surface area contributed by atoms with Gasteiger partial charge in [0.25, 0.3) is 0 Å². The summed E-state index contributed by atoms with van der Waals surface area (Å²) in [5.74, 6) is -0.176. The van der Waals surface area contributed by atoms with Crippen LogP contribution in [0, 0.1) is 17.2 Å². The fraction of sp³-hybridized carbons (Fsp3) is 0.467. The number of esters is 1. The molecule has 0 aromatic heterocycles. The maximum absolute atomic E-state index is 11.7. The number of nitrogens with one attached hydrogen (secondary N) is 1. The smallest absolute Gasteiger partial charge is 0.323 e. The lowest BCUT2D eigenvalue weighted by atomic mass is 9.88. The van der Waals surface area contributed by atoms with Crippen LogP contribution in [-0.4, -0.2) is 24.2 Å². The minimum Gasteiger partial charge on any atom is -0.461 e. The molecule has 2 atom stereocenters. The minimum atomic E-state index is -0.829. The van der Waals surface area contributed by atoms with Crippen LogP contribution >= 0.6 is 0 Å². The summed E-state index contributed by atoms with van der Waals surface area (Å²) in [6, 6.07) is 11.6. The maximum atomic E-state index is 11.7. The normalized spacial score (nSPS) is 26.8. The number of morpholine rings is 1. The molecule has 1 aromatic carbocycles. The van der Waals surface area contributed by atoms with Gasteiger partial charge in [-0.2, -0.15) is 5.26 Å². The van der Waals surface area contributed by atoms with Gasteiger partial charge in [-0.05, 0) is 11.5 Å². The van der Waals surface area contributed by atoms with E-state index >= 15 is 0 Å². The van der Waals surface area contributed by atoms with Crippen molar-refractivity contribution in [1.82, 2.24) is 5.32 Å². The highest BCUT2D eigenvalue weighted by molar-refractivity contribution is 5.77. The molecule has 0 amide bonds. The Balaban J connectivity index is 2.19. The van der Waals surface area contributed by atoms with Crippen LogP contribution < -0.4 is 5.32 Å². The second kappa shape index (κ2) is 5.41. The summed E-state index contributed by atoms with van der Waals surface area (Å²) in [6.45, 7) is 3.98. The molecule has 0 aliphatic carbocycles. The van der Waals surface area contributed by atoms with Crippen molar-refractivity contribution in [1.29, 1.82) is 5.26 Å². The van der Waals surface area contributed by atoms with E-state index in [1.807, 2.05) is 44.2 Å². The van der Waals surface area contributed by atoms with Gasteiger partial charge in [0.2, 0.25) is 0 Å². The number of benzene rings is 1. The molecule has 1 N–H and O–H groups in total. The van der Waals surface area contributed by atoms with Gasteiger partial charge in [0, 0.05) is 6.42 Å². The zero-order chi connectivity index (χ0) is 13.9. The number of hydrogen-bond donors (Lipinski definition) is 1. The molecule has 100 valence electrons. The summed E-state index contributed by atoms with van der Waals surface area (Å²) in [4.78, 5) is 11.7. The molecular formula is C15H18N2O2. The third-order valence-corrected chi connectivity index (χ3v) is 3.38. The number of rotatable bonds is 3. The number of ether oxygens (including phenoxy) is 1. The van der Waals surface area contributed by atoms with Crippen molar-refractivity contribution in [3.05, 3.63) is 35.9 Å². The Morgan fingerprint density at radius 1 is 1.47 bits per heavy atom. The SMILES string of the molecule is CC(C)[C@@H]1N[C@](C#N)(Cc2ccccc2)COC1=O. The molecule has 1 aliphatic heterocycles. The fourth-order valence-electron chi connectivity index (χ4n) is 2.27.